The average Bonchev–Trinajstić information content (AvgIpc) is 3.60. The summed E-state index contributed by atoms with van der Waals surface area (Å²) in [4.78, 5) is 18.7. The fourth-order valence-electron chi connectivity index (χ4n) is 3.10. The predicted octanol–water partition coefficient (Wildman–Crippen LogP) is 2.95. The van der Waals surface area contributed by atoms with Crippen LogP contribution in [0.1, 0.15) is 30.9 Å². The summed E-state index contributed by atoms with van der Waals surface area (Å²) >= 11 is 0. The summed E-state index contributed by atoms with van der Waals surface area (Å²) in [6.45, 7) is 4.12. The Labute approximate surface area is 184 Å². The number of hydrogen-bond donors (Lipinski definition) is 2. The first-order valence-corrected chi connectivity index (χ1v) is 10.7. The van der Waals surface area contributed by atoms with Crippen molar-refractivity contribution in [3.8, 4) is 11.5 Å². The first kappa shape index (κ1) is 22.5. The quantitative estimate of drug-likeness (QED) is 0.453. The Hall–Kier alpha value is -3.22. The van der Waals surface area contributed by atoms with Crippen molar-refractivity contribution in [3.05, 3.63) is 59.7 Å². The Balaban J connectivity index is 1.57. The molecule has 0 spiro atoms. The Morgan fingerprint density at radius 2 is 1.90 bits per heavy atom. The van der Waals surface area contributed by atoms with Crippen LogP contribution in [0.25, 0.3) is 0 Å². The van der Waals surface area contributed by atoms with Gasteiger partial charge in [-0.1, -0.05) is 24.3 Å². The van der Waals surface area contributed by atoms with Crippen LogP contribution in [0.3, 0.4) is 0 Å². The first-order chi connectivity index (χ1) is 15.1. The van der Waals surface area contributed by atoms with Gasteiger partial charge >= 0.3 is 0 Å². The van der Waals surface area contributed by atoms with Gasteiger partial charge in [0.2, 0.25) is 0 Å². The molecule has 2 aromatic carbocycles. The molecule has 1 aliphatic carbocycles. The van der Waals surface area contributed by atoms with Crippen molar-refractivity contribution in [2.45, 2.75) is 38.9 Å². The lowest BCUT2D eigenvalue weighted by molar-refractivity contribution is -0.123. The maximum Gasteiger partial charge on any atom is 0.258 e. The van der Waals surface area contributed by atoms with E-state index in [-0.39, 0.29) is 12.5 Å². The van der Waals surface area contributed by atoms with Gasteiger partial charge < -0.3 is 25.0 Å². The van der Waals surface area contributed by atoms with E-state index in [1.807, 2.05) is 43.4 Å². The van der Waals surface area contributed by atoms with E-state index in [1.165, 1.54) is 5.56 Å². The van der Waals surface area contributed by atoms with E-state index >= 15 is 0 Å². The van der Waals surface area contributed by atoms with E-state index < -0.39 is 0 Å². The lowest BCUT2D eigenvalue weighted by atomic mass is 10.2. The van der Waals surface area contributed by atoms with Gasteiger partial charge in [-0.25, -0.2) is 4.99 Å². The summed E-state index contributed by atoms with van der Waals surface area (Å²) in [5, 5.41) is 6.27. The van der Waals surface area contributed by atoms with Crippen LogP contribution in [0.15, 0.2) is 53.5 Å². The third kappa shape index (κ3) is 7.51. The van der Waals surface area contributed by atoms with Crippen LogP contribution < -0.4 is 20.1 Å². The molecule has 0 aromatic heterocycles. The number of rotatable bonds is 10. The van der Waals surface area contributed by atoms with Crippen molar-refractivity contribution >= 4 is 11.9 Å². The van der Waals surface area contributed by atoms with Crippen LogP contribution in [-0.2, 0) is 17.9 Å². The highest BCUT2D eigenvalue weighted by Crippen LogP contribution is 2.19. The average molecular weight is 425 g/mol. The van der Waals surface area contributed by atoms with E-state index in [0.29, 0.717) is 18.3 Å². The number of aliphatic imine (C=N–C) groups is 1. The number of guanidine groups is 1. The fourth-order valence-corrected chi connectivity index (χ4v) is 3.10. The maximum atomic E-state index is 11.8. The van der Waals surface area contributed by atoms with Crippen molar-refractivity contribution < 1.29 is 14.3 Å². The SMILES string of the molecule is CCNC(=NCc1cccc(OCC(=O)NC2CC2)c1)N(C)Cc1ccc(OC)cc1. The van der Waals surface area contributed by atoms with Gasteiger partial charge in [0, 0.05) is 26.2 Å². The molecule has 166 valence electrons. The molecule has 3 rings (SSSR count). The number of methoxy groups -OCH3 is 1. The zero-order valence-corrected chi connectivity index (χ0v) is 18.6. The highest BCUT2D eigenvalue weighted by atomic mass is 16.5. The highest BCUT2D eigenvalue weighted by molar-refractivity contribution is 5.79. The summed E-state index contributed by atoms with van der Waals surface area (Å²) in [5.74, 6) is 2.28. The number of amides is 1. The van der Waals surface area contributed by atoms with E-state index in [2.05, 4.69) is 34.6 Å². The molecule has 0 aliphatic heterocycles. The number of benzene rings is 2. The van der Waals surface area contributed by atoms with Gasteiger partial charge in [0.25, 0.3) is 5.91 Å². The molecular weight excluding hydrogens is 392 g/mol. The lowest BCUT2D eigenvalue weighted by Gasteiger charge is -2.22. The van der Waals surface area contributed by atoms with Gasteiger partial charge in [-0.05, 0) is 55.2 Å². The molecule has 0 heterocycles. The topological polar surface area (TPSA) is 75.2 Å². The molecule has 0 radical (unpaired) electrons. The number of carbonyl (C=O) groups is 1. The van der Waals surface area contributed by atoms with Crippen LogP contribution in [0, 0.1) is 0 Å². The monoisotopic (exact) mass is 424 g/mol. The molecule has 7 heteroatoms. The second-order valence-electron chi connectivity index (χ2n) is 7.65. The van der Waals surface area contributed by atoms with Gasteiger partial charge in [0.1, 0.15) is 11.5 Å². The Morgan fingerprint density at radius 3 is 2.58 bits per heavy atom. The van der Waals surface area contributed by atoms with Crippen molar-refractivity contribution in [2.24, 2.45) is 4.99 Å². The lowest BCUT2D eigenvalue weighted by Crippen LogP contribution is -2.38. The highest BCUT2D eigenvalue weighted by Gasteiger charge is 2.23. The number of nitrogens with one attached hydrogen (secondary N) is 2. The van der Waals surface area contributed by atoms with Crippen molar-refractivity contribution in [1.29, 1.82) is 0 Å². The van der Waals surface area contributed by atoms with E-state index in [9.17, 15) is 4.79 Å². The molecule has 1 saturated carbocycles. The van der Waals surface area contributed by atoms with Crippen LogP contribution in [0.2, 0.25) is 0 Å². The Bertz CT molecular complexity index is 879. The van der Waals surface area contributed by atoms with Gasteiger partial charge in [-0.15, -0.1) is 0 Å². The van der Waals surface area contributed by atoms with Gasteiger partial charge in [-0.3, -0.25) is 4.79 Å². The molecule has 7 nitrogen and oxygen atoms in total. The summed E-state index contributed by atoms with van der Waals surface area (Å²) < 4.78 is 10.9. The van der Waals surface area contributed by atoms with Crippen molar-refractivity contribution in [3.63, 3.8) is 0 Å². The second-order valence-corrected chi connectivity index (χ2v) is 7.65. The van der Waals surface area contributed by atoms with Crippen LogP contribution in [-0.4, -0.2) is 50.1 Å². The minimum Gasteiger partial charge on any atom is -0.497 e. The summed E-state index contributed by atoms with van der Waals surface area (Å²) in [6.07, 6.45) is 2.14. The van der Waals surface area contributed by atoms with Crippen molar-refractivity contribution in [1.82, 2.24) is 15.5 Å². The van der Waals surface area contributed by atoms with Gasteiger partial charge in [-0.2, -0.15) is 0 Å². The molecule has 0 bridgehead atoms. The van der Waals surface area contributed by atoms with E-state index in [0.717, 1.165) is 43.2 Å². The smallest absolute Gasteiger partial charge is 0.258 e. The molecule has 0 saturated heterocycles. The molecule has 1 amide bonds. The third-order valence-electron chi connectivity index (χ3n) is 4.90. The zero-order chi connectivity index (χ0) is 22.1. The summed E-state index contributed by atoms with van der Waals surface area (Å²) in [6, 6.07) is 16.1. The van der Waals surface area contributed by atoms with E-state index in [4.69, 9.17) is 14.5 Å². The maximum absolute atomic E-state index is 11.8. The molecule has 2 aromatic rings. The summed E-state index contributed by atoms with van der Waals surface area (Å²) in [5.41, 5.74) is 2.20. The molecule has 0 atom stereocenters. The number of nitrogens with zero attached hydrogens (tertiary/aromatic N) is 2. The molecule has 2 N–H and O–H groups in total. The molecule has 31 heavy (non-hydrogen) atoms. The molecule has 1 fully saturated rings. The van der Waals surface area contributed by atoms with Crippen LogP contribution in [0.4, 0.5) is 0 Å². The Kier molecular flexibility index (Phi) is 8.15. The van der Waals surface area contributed by atoms with Gasteiger partial charge in [0.05, 0.1) is 13.7 Å². The minimum atomic E-state index is -0.0690. The summed E-state index contributed by atoms with van der Waals surface area (Å²) in [7, 11) is 3.68. The zero-order valence-electron chi connectivity index (χ0n) is 18.6. The number of carbonyl (C=O) groups excluding carboxylic acids is 1. The van der Waals surface area contributed by atoms with Gasteiger partial charge in [0.15, 0.2) is 12.6 Å². The molecule has 1 aliphatic rings. The van der Waals surface area contributed by atoms with Crippen LogP contribution >= 0.6 is 0 Å². The first-order valence-electron chi connectivity index (χ1n) is 10.7. The fraction of sp³-hybridized carbons (Fsp3) is 0.417. The van der Waals surface area contributed by atoms with Crippen LogP contribution in [0.5, 0.6) is 11.5 Å². The predicted molar refractivity (Wildman–Crippen MR) is 122 cm³/mol. The minimum absolute atomic E-state index is 0.0382. The largest absolute Gasteiger partial charge is 0.497 e. The Morgan fingerprint density at radius 1 is 1.13 bits per heavy atom. The molecular formula is C24H32N4O3. The van der Waals surface area contributed by atoms with E-state index in [1.54, 1.807) is 7.11 Å². The number of hydrogen-bond acceptors (Lipinski definition) is 4. The normalized spacial score (nSPS) is 13.5. The van der Waals surface area contributed by atoms with Crippen molar-refractivity contribution in [2.75, 3.05) is 27.3 Å². The number of ether oxygens (including phenoxy) is 2. The standard InChI is InChI=1S/C24H32N4O3/c1-4-25-24(28(2)16-18-8-12-21(30-3)13-9-18)26-15-19-6-5-7-22(14-19)31-17-23(29)27-20-10-11-20/h5-9,12-14,20H,4,10-11,15-17H2,1-3H3,(H,25,26)(H,27,29). The molecule has 0 unspecified atom stereocenters. The third-order valence-corrected chi connectivity index (χ3v) is 4.90. The second kappa shape index (κ2) is 11.2.